The van der Waals surface area contributed by atoms with Crippen LogP contribution >= 0.6 is 24.0 Å². The summed E-state index contributed by atoms with van der Waals surface area (Å²) in [5.74, 6) is 1.41. The van der Waals surface area contributed by atoms with Crippen molar-refractivity contribution in [2.24, 2.45) is 16.6 Å². The molecule has 5 nitrogen and oxygen atoms in total. The van der Waals surface area contributed by atoms with Crippen LogP contribution in [0.2, 0.25) is 0 Å². The first-order chi connectivity index (χ1) is 11.1. The maximum atomic E-state index is 12.4. The molecule has 0 aliphatic heterocycles. The summed E-state index contributed by atoms with van der Waals surface area (Å²) in [6, 6.07) is 4.97. The summed E-state index contributed by atoms with van der Waals surface area (Å²) in [5, 5.41) is 3.03. The average molecular weight is 455 g/mol. The summed E-state index contributed by atoms with van der Waals surface area (Å²) in [7, 11) is 1.41. The molecule has 2 rings (SSSR count). The van der Waals surface area contributed by atoms with Gasteiger partial charge in [-0.3, -0.25) is 4.99 Å². The molecule has 0 radical (unpaired) electrons. The highest BCUT2D eigenvalue weighted by atomic mass is 127. The van der Waals surface area contributed by atoms with E-state index in [0.29, 0.717) is 24.8 Å². The molecule has 0 unspecified atom stereocenters. The van der Waals surface area contributed by atoms with Crippen molar-refractivity contribution in [1.29, 1.82) is 0 Å². The molecule has 1 fully saturated rings. The average Bonchev–Trinajstić information content (AvgIpc) is 2.45. The highest BCUT2D eigenvalue weighted by molar-refractivity contribution is 14.0. The fourth-order valence-corrected chi connectivity index (χ4v) is 2.36. The third-order valence-corrected chi connectivity index (χ3v) is 3.91. The highest BCUT2D eigenvalue weighted by Gasteiger charge is 2.16. The Kier molecular flexibility index (Phi) is 9.09. The number of nitrogens with zero attached hydrogens (tertiary/aromatic N) is 1. The molecule has 0 heterocycles. The van der Waals surface area contributed by atoms with Crippen molar-refractivity contribution in [3.63, 3.8) is 0 Å². The van der Waals surface area contributed by atoms with Gasteiger partial charge >= 0.3 is 6.61 Å². The van der Waals surface area contributed by atoms with Gasteiger partial charge in [-0.25, -0.2) is 0 Å². The van der Waals surface area contributed by atoms with Crippen molar-refractivity contribution < 1.29 is 18.3 Å². The summed E-state index contributed by atoms with van der Waals surface area (Å²) < 4.78 is 34.2. The van der Waals surface area contributed by atoms with Crippen molar-refractivity contribution in [2.75, 3.05) is 20.2 Å². The number of methoxy groups -OCH3 is 1. The molecular weight excluding hydrogens is 431 g/mol. The van der Waals surface area contributed by atoms with E-state index in [1.165, 1.54) is 26.4 Å². The second kappa shape index (κ2) is 10.5. The number of benzene rings is 1. The van der Waals surface area contributed by atoms with E-state index < -0.39 is 6.61 Å². The van der Waals surface area contributed by atoms with Crippen LogP contribution < -0.4 is 20.5 Å². The number of hydrogen-bond acceptors (Lipinski definition) is 3. The highest BCUT2D eigenvalue weighted by Crippen LogP contribution is 2.29. The minimum Gasteiger partial charge on any atom is -0.493 e. The van der Waals surface area contributed by atoms with Crippen molar-refractivity contribution in [3.05, 3.63) is 23.8 Å². The van der Waals surface area contributed by atoms with E-state index in [-0.39, 0.29) is 35.5 Å². The molecule has 1 aliphatic carbocycles. The number of halogens is 3. The minimum atomic E-state index is -2.88. The molecule has 1 aliphatic rings. The van der Waals surface area contributed by atoms with Gasteiger partial charge in [0.1, 0.15) is 0 Å². The van der Waals surface area contributed by atoms with Crippen LogP contribution in [0.4, 0.5) is 8.78 Å². The summed E-state index contributed by atoms with van der Waals surface area (Å²) in [5.41, 5.74) is 6.65. The summed E-state index contributed by atoms with van der Waals surface area (Å²) in [6.45, 7) is -1.54. The van der Waals surface area contributed by atoms with Crippen LogP contribution in [-0.2, 0) is 6.42 Å². The third kappa shape index (κ3) is 6.66. The Balaban J connectivity index is 0.00000288. The van der Waals surface area contributed by atoms with Crippen LogP contribution in [0.3, 0.4) is 0 Å². The Labute approximate surface area is 158 Å². The lowest BCUT2D eigenvalue weighted by Crippen LogP contribution is -2.34. The molecule has 0 amide bonds. The first-order valence-corrected chi connectivity index (χ1v) is 7.74. The fourth-order valence-electron chi connectivity index (χ4n) is 2.36. The monoisotopic (exact) mass is 455 g/mol. The predicted octanol–water partition coefficient (Wildman–Crippen LogP) is 3.16. The van der Waals surface area contributed by atoms with Crippen LogP contribution in [0.25, 0.3) is 0 Å². The maximum Gasteiger partial charge on any atom is 0.387 e. The molecule has 1 saturated carbocycles. The van der Waals surface area contributed by atoms with Crippen molar-refractivity contribution in [1.82, 2.24) is 5.32 Å². The van der Waals surface area contributed by atoms with Gasteiger partial charge < -0.3 is 20.5 Å². The van der Waals surface area contributed by atoms with Gasteiger partial charge in [-0.2, -0.15) is 8.78 Å². The van der Waals surface area contributed by atoms with Gasteiger partial charge in [0.2, 0.25) is 0 Å². The normalized spacial score (nSPS) is 14.8. The largest absolute Gasteiger partial charge is 0.493 e. The van der Waals surface area contributed by atoms with E-state index >= 15 is 0 Å². The first-order valence-electron chi connectivity index (χ1n) is 7.74. The second-order valence-electron chi connectivity index (χ2n) is 5.56. The Bertz CT molecular complexity index is 540. The van der Waals surface area contributed by atoms with E-state index in [2.05, 4.69) is 15.0 Å². The molecule has 1 aromatic rings. The Morgan fingerprint density at radius 2 is 2.12 bits per heavy atom. The molecule has 8 heteroatoms. The Hall–Kier alpha value is -1.32. The van der Waals surface area contributed by atoms with E-state index in [1.54, 1.807) is 18.2 Å². The molecule has 0 bridgehead atoms. The zero-order valence-electron chi connectivity index (χ0n) is 13.6. The number of alkyl halides is 2. The van der Waals surface area contributed by atoms with E-state index in [1.807, 2.05) is 0 Å². The zero-order chi connectivity index (χ0) is 16.7. The molecular formula is C16H24F2IN3O2. The number of hydrogen-bond donors (Lipinski definition) is 2. The van der Waals surface area contributed by atoms with Gasteiger partial charge in [0, 0.05) is 13.1 Å². The van der Waals surface area contributed by atoms with Gasteiger partial charge in [0.15, 0.2) is 17.5 Å². The van der Waals surface area contributed by atoms with Crippen molar-refractivity contribution in [3.8, 4) is 11.5 Å². The van der Waals surface area contributed by atoms with Crippen LogP contribution in [0, 0.1) is 5.92 Å². The summed E-state index contributed by atoms with van der Waals surface area (Å²) in [6.07, 6.45) is 4.36. The topological polar surface area (TPSA) is 68.9 Å². The number of guanidine groups is 1. The fraction of sp³-hybridized carbons (Fsp3) is 0.562. The van der Waals surface area contributed by atoms with E-state index in [9.17, 15) is 8.78 Å². The lowest BCUT2D eigenvalue weighted by Gasteiger charge is -2.23. The first kappa shape index (κ1) is 20.7. The molecule has 0 saturated heterocycles. The van der Waals surface area contributed by atoms with Crippen LogP contribution in [0.15, 0.2) is 23.2 Å². The quantitative estimate of drug-likeness (QED) is 0.359. The number of nitrogens with two attached hydrogens (primary N) is 1. The van der Waals surface area contributed by atoms with Crippen LogP contribution in [0.1, 0.15) is 24.8 Å². The number of aliphatic imine (C=N–C) groups is 1. The van der Waals surface area contributed by atoms with E-state index in [0.717, 1.165) is 12.1 Å². The lowest BCUT2D eigenvalue weighted by atomic mass is 9.86. The number of rotatable bonds is 8. The number of nitrogens with one attached hydrogen (secondary N) is 1. The van der Waals surface area contributed by atoms with E-state index in [4.69, 9.17) is 10.5 Å². The number of ether oxygens (including phenoxy) is 2. The zero-order valence-corrected chi connectivity index (χ0v) is 16.0. The molecule has 1 aromatic carbocycles. The van der Waals surface area contributed by atoms with Crippen molar-refractivity contribution >= 4 is 29.9 Å². The van der Waals surface area contributed by atoms with Gasteiger partial charge in [-0.05, 0) is 42.9 Å². The maximum absolute atomic E-state index is 12.4. The standard InChI is InChI=1S/C16H23F2N3O2.HI/c1-22-13-6-5-11(9-14(13)23-15(17)18)7-8-20-16(19)21-10-12-3-2-4-12;/h5-6,9,12,15H,2-4,7-8,10H2,1H3,(H3,19,20,21);1H. The Morgan fingerprint density at radius 3 is 2.71 bits per heavy atom. The molecule has 24 heavy (non-hydrogen) atoms. The second-order valence-corrected chi connectivity index (χ2v) is 5.56. The molecule has 3 N–H and O–H groups in total. The smallest absolute Gasteiger partial charge is 0.387 e. The van der Waals surface area contributed by atoms with Gasteiger partial charge in [-0.15, -0.1) is 24.0 Å². The minimum absolute atomic E-state index is 0. The predicted molar refractivity (Wildman–Crippen MR) is 101 cm³/mol. The summed E-state index contributed by atoms with van der Waals surface area (Å²) >= 11 is 0. The van der Waals surface area contributed by atoms with Gasteiger partial charge in [0.25, 0.3) is 0 Å². The molecule has 136 valence electrons. The Morgan fingerprint density at radius 1 is 1.38 bits per heavy atom. The van der Waals surface area contributed by atoms with Crippen molar-refractivity contribution in [2.45, 2.75) is 32.3 Å². The van der Waals surface area contributed by atoms with Gasteiger partial charge in [-0.1, -0.05) is 12.5 Å². The van der Waals surface area contributed by atoms with Crippen LogP contribution in [-0.4, -0.2) is 32.8 Å². The molecule has 0 aromatic heterocycles. The summed E-state index contributed by atoms with van der Waals surface area (Å²) in [4.78, 5) is 4.30. The lowest BCUT2D eigenvalue weighted by molar-refractivity contribution is -0.0512. The van der Waals surface area contributed by atoms with Crippen LogP contribution in [0.5, 0.6) is 11.5 Å². The molecule has 0 spiro atoms. The SMILES string of the molecule is COc1ccc(CCNC(N)=NCC2CCC2)cc1OC(F)F.I. The molecule has 0 atom stereocenters. The third-order valence-electron chi connectivity index (χ3n) is 3.91. The van der Waals surface area contributed by atoms with Gasteiger partial charge in [0.05, 0.1) is 7.11 Å².